The van der Waals surface area contributed by atoms with E-state index >= 15 is 0 Å². The maximum atomic E-state index is 9.96. The normalized spacial score (nSPS) is 20.5. The average molecular weight is 270 g/mol. The third kappa shape index (κ3) is 2.00. The summed E-state index contributed by atoms with van der Waals surface area (Å²) < 4.78 is 12.1. The van der Waals surface area contributed by atoms with Crippen LogP contribution in [0, 0.1) is 0 Å². The molecule has 0 aromatic heterocycles. The summed E-state index contributed by atoms with van der Waals surface area (Å²) in [4.78, 5) is 0. The van der Waals surface area contributed by atoms with E-state index in [9.17, 15) is 5.11 Å². The van der Waals surface area contributed by atoms with Gasteiger partial charge in [-0.1, -0.05) is 30.3 Å². The summed E-state index contributed by atoms with van der Waals surface area (Å²) in [7, 11) is -0.399. The summed E-state index contributed by atoms with van der Waals surface area (Å²) in [5.74, 6) is 0.279. The van der Waals surface area contributed by atoms with Crippen molar-refractivity contribution in [1.82, 2.24) is 0 Å². The zero-order valence-corrected chi connectivity index (χ0v) is 12.3. The van der Waals surface area contributed by atoms with Gasteiger partial charge in [-0.25, -0.2) is 0 Å². The molecule has 1 saturated heterocycles. The van der Waals surface area contributed by atoms with Crippen LogP contribution in [0.3, 0.4) is 0 Å². The average Bonchev–Trinajstić information content (AvgIpc) is 2.59. The number of phenolic OH excluding ortho intramolecular Hbond substituents is 1. The minimum absolute atomic E-state index is 0.279. The van der Waals surface area contributed by atoms with E-state index in [1.165, 1.54) is 0 Å². The van der Waals surface area contributed by atoms with Crippen molar-refractivity contribution >= 4 is 23.4 Å². The molecule has 0 amide bonds. The van der Waals surface area contributed by atoms with Crippen LogP contribution < -0.4 is 5.46 Å². The number of hydrogen-bond acceptors (Lipinski definition) is 3. The second-order valence-electron chi connectivity index (χ2n) is 6.35. The summed E-state index contributed by atoms with van der Waals surface area (Å²) in [5, 5.41) is 11.8. The van der Waals surface area contributed by atoms with Crippen molar-refractivity contribution in [3.8, 4) is 5.75 Å². The highest BCUT2D eigenvalue weighted by Gasteiger charge is 2.51. The van der Waals surface area contributed by atoms with Gasteiger partial charge >= 0.3 is 7.12 Å². The number of rotatable bonds is 1. The van der Waals surface area contributed by atoms with Crippen molar-refractivity contribution in [3.63, 3.8) is 0 Å². The molecule has 1 N–H and O–H groups in total. The lowest BCUT2D eigenvalue weighted by Crippen LogP contribution is -2.41. The third-order valence-corrected chi connectivity index (χ3v) is 4.41. The van der Waals surface area contributed by atoms with Gasteiger partial charge in [0, 0.05) is 5.39 Å². The zero-order chi connectivity index (χ0) is 14.5. The summed E-state index contributed by atoms with van der Waals surface area (Å²) in [6.45, 7) is 8.13. The van der Waals surface area contributed by atoms with E-state index in [0.29, 0.717) is 0 Å². The first kappa shape index (κ1) is 13.5. The van der Waals surface area contributed by atoms with E-state index in [2.05, 4.69) is 0 Å². The molecule has 0 atom stereocenters. The molecule has 1 aliphatic rings. The van der Waals surface area contributed by atoms with Gasteiger partial charge in [0.2, 0.25) is 0 Å². The Labute approximate surface area is 119 Å². The lowest BCUT2D eigenvalue weighted by atomic mass is 9.78. The highest BCUT2D eigenvalue weighted by atomic mass is 16.7. The molecule has 3 rings (SSSR count). The molecule has 4 heteroatoms. The number of hydrogen-bond donors (Lipinski definition) is 1. The highest BCUT2D eigenvalue weighted by Crippen LogP contribution is 2.36. The minimum Gasteiger partial charge on any atom is -0.507 e. The van der Waals surface area contributed by atoms with Crippen molar-refractivity contribution in [1.29, 1.82) is 0 Å². The first-order valence-corrected chi connectivity index (χ1v) is 6.87. The lowest BCUT2D eigenvalue weighted by Gasteiger charge is -2.32. The molecule has 0 spiro atoms. The first-order valence-electron chi connectivity index (χ1n) is 6.87. The summed E-state index contributed by atoms with van der Waals surface area (Å²) >= 11 is 0. The first-order chi connectivity index (χ1) is 9.30. The number of fused-ring (bicyclic) bond motifs is 1. The Balaban J connectivity index is 2.02. The highest BCUT2D eigenvalue weighted by molar-refractivity contribution is 6.62. The van der Waals surface area contributed by atoms with E-state index in [1.807, 2.05) is 58.0 Å². The fourth-order valence-corrected chi connectivity index (χ4v) is 2.40. The smallest absolute Gasteiger partial charge is 0.494 e. The zero-order valence-electron chi connectivity index (χ0n) is 12.3. The summed E-state index contributed by atoms with van der Waals surface area (Å²) in [5.41, 5.74) is 0.217. The van der Waals surface area contributed by atoms with Gasteiger partial charge in [-0.3, -0.25) is 0 Å². The Morgan fingerprint density at radius 2 is 1.60 bits per heavy atom. The number of phenols is 1. The third-order valence-electron chi connectivity index (χ3n) is 4.41. The maximum Gasteiger partial charge on any atom is 0.494 e. The standard InChI is InChI=1S/C16H19BO3/c1-15(2)16(3,4)20-17(19-15)12-9-8-11-6-5-7-14(18)13(11)10-12/h5-10,18H,1-4H3. The van der Waals surface area contributed by atoms with Crippen LogP contribution in [0.4, 0.5) is 0 Å². The van der Waals surface area contributed by atoms with Gasteiger partial charge in [0.15, 0.2) is 0 Å². The van der Waals surface area contributed by atoms with E-state index in [-0.39, 0.29) is 17.0 Å². The van der Waals surface area contributed by atoms with Gasteiger partial charge in [-0.05, 0) is 44.6 Å². The summed E-state index contributed by atoms with van der Waals surface area (Å²) in [6, 6.07) is 11.4. The van der Waals surface area contributed by atoms with E-state index in [4.69, 9.17) is 9.31 Å². The van der Waals surface area contributed by atoms with Gasteiger partial charge in [0.05, 0.1) is 11.2 Å². The van der Waals surface area contributed by atoms with E-state index < -0.39 is 7.12 Å². The van der Waals surface area contributed by atoms with Crippen LogP contribution in [0.25, 0.3) is 10.8 Å². The quantitative estimate of drug-likeness (QED) is 0.810. The van der Waals surface area contributed by atoms with E-state index in [1.54, 1.807) is 6.07 Å². The number of aromatic hydroxyl groups is 1. The van der Waals surface area contributed by atoms with Crippen molar-refractivity contribution in [3.05, 3.63) is 36.4 Å². The topological polar surface area (TPSA) is 38.7 Å². The molecule has 1 heterocycles. The molecule has 2 aromatic rings. The molecule has 104 valence electrons. The van der Waals surface area contributed by atoms with Crippen molar-refractivity contribution in [2.75, 3.05) is 0 Å². The Hall–Kier alpha value is -1.52. The van der Waals surface area contributed by atoms with Crippen LogP contribution in [-0.4, -0.2) is 23.4 Å². The van der Waals surface area contributed by atoms with Crippen LogP contribution in [0.5, 0.6) is 5.75 Å². The van der Waals surface area contributed by atoms with Crippen LogP contribution in [0.2, 0.25) is 0 Å². The molecular weight excluding hydrogens is 251 g/mol. The minimum atomic E-state index is -0.399. The van der Waals surface area contributed by atoms with Gasteiger partial charge in [-0.15, -0.1) is 0 Å². The second-order valence-corrected chi connectivity index (χ2v) is 6.35. The molecule has 20 heavy (non-hydrogen) atoms. The fraction of sp³-hybridized carbons (Fsp3) is 0.375. The molecule has 1 fully saturated rings. The molecule has 1 aliphatic heterocycles. The van der Waals surface area contributed by atoms with Gasteiger partial charge in [0.25, 0.3) is 0 Å². The number of benzene rings is 2. The van der Waals surface area contributed by atoms with Gasteiger partial charge in [-0.2, -0.15) is 0 Å². The Morgan fingerprint density at radius 1 is 0.950 bits per heavy atom. The molecule has 0 aliphatic carbocycles. The van der Waals surface area contributed by atoms with E-state index in [0.717, 1.165) is 16.2 Å². The lowest BCUT2D eigenvalue weighted by molar-refractivity contribution is 0.00578. The Kier molecular flexibility index (Phi) is 2.85. The molecule has 0 unspecified atom stereocenters. The monoisotopic (exact) mass is 270 g/mol. The van der Waals surface area contributed by atoms with Gasteiger partial charge < -0.3 is 14.4 Å². The van der Waals surface area contributed by atoms with Crippen molar-refractivity contribution < 1.29 is 14.4 Å². The molecule has 2 aromatic carbocycles. The molecule has 0 saturated carbocycles. The Morgan fingerprint density at radius 3 is 2.25 bits per heavy atom. The van der Waals surface area contributed by atoms with Crippen LogP contribution in [0.15, 0.2) is 36.4 Å². The molecule has 0 radical (unpaired) electrons. The molecule has 3 nitrogen and oxygen atoms in total. The van der Waals surface area contributed by atoms with Crippen LogP contribution >= 0.6 is 0 Å². The van der Waals surface area contributed by atoms with Crippen LogP contribution in [0.1, 0.15) is 27.7 Å². The molecule has 0 bridgehead atoms. The second kappa shape index (κ2) is 4.24. The maximum absolute atomic E-state index is 9.96. The van der Waals surface area contributed by atoms with Crippen molar-refractivity contribution in [2.24, 2.45) is 0 Å². The largest absolute Gasteiger partial charge is 0.507 e. The fourth-order valence-electron chi connectivity index (χ4n) is 2.40. The molecular formula is C16H19BO3. The summed E-state index contributed by atoms with van der Waals surface area (Å²) in [6.07, 6.45) is 0. The van der Waals surface area contributed by atoms with Gasteiger partial charge in [0.1, 0.15) is 5.75 Å². The Bertz CT molecular complexity index is 648. The van der Waals surface area contributed by atoms with Crippen molar-refractivity contribution in [2.45, 2.75) is 38.9 Å². The predicted molar refractivity (Wildman–Crippen MR) is 81.3 cm³/mol. The SMILES string of the molecule is CC1(C)OB(c2ccc3cccc(O)c3c2)OC1(C)C. The predicted octanol–water partition coefficient (Wildman–Crippen LogP) is 2.84. The van der Waals surface area contributed by atoms with Crippen LogP contribution in [-0.2, 0) is 9.31 Å².